The molecule has 0 bridgehead atoms. The lowest BCUT2D eigenvalue weighted by Gasteiger charge is -2.30. The van der Waals surface area contributed by atoms with Crippen molar-refractivity contribution in [1.82, 2.24) is 4.90 Å². The molecule has 1 aliphatic rings. The Morgan fingerprint density at radius 1 is 1.64 bits per heavy atom. The van der Waals surface area contributed by atoms with Crippen molar-refractivity contribution in [2.24, 2.45) is 0 Å². The van der Waals surface area contributed by atoms with Crippen molar-refractivity contribution >= 4 is 11.6 Å². The largest absolute Gasteiger partial charge is 0.286 e. The van der Waals surface area contributed by atoms with E-state index < -0.39 is 0 Å². The maximum absolute atomic E-state index is 5.96. The van der Waals surface area contributed by atoms with Crippen LogP contribution in [0.1, 0.15) is 20.3 Å². The van der Waals surface area contributed by atoms with Gasteiger partial charge in [-0.25, -0.2) is 0 Å². The van der Waals surface area contributed by atoms with E-state index in [1.54, 1.807) is 0 Å². The number of alkyl halides is 1. The second kappa shape index (κ2) is 3.05. The number of terminal acetylenes is 1. The molecule has 1 rings (SSSR count). The molecular weight excluding hydrogens is 158 g/mol. The van der Waals surface area contributed by atoms with Crippen LogP contribution in [0, 0.1) is 12.3 Å². The monoisotopic (exact) mass is 171 g/mol. The summed E-state index contributed by atoms with van der Waals surface area (Å²) in [4.78, 5) is 2.25. The van der Waals surface area contributed by atoms with Gasteiger partial charge >= 0.3 is 0 Å². The van der Waals surface area contributed by atoms with Crippen LogP contribution in [-0.2, 0) is 0 Å². The van der Waals surface area contributed by atoms with Gasteiger partial charge in [-0.05, 0) is 20.3 Å². The van der Waals surface area contributed by atoms with E-state index >= 15 is 0 Å². The van der Waals surface area contributed by atoms with Gasteiger partial charge in [0.2, 0.25) is 0 Å². The predicted molar refractivity (Wildman–Crippen MR) is 48.7 cm³/mol. The minimum Gasteiger partial charge on any atom is -0.286 e. The van der Waals surface area contributed by atoms with E-state index in [9.17, 15) is 0 Å². The normalized spacial score (nSPS) is 26.9. The molecule has 62 valence electrons. The second-order valence-corrected chi connectivity index (χ2v) is 4.15. The van der Waals surface area contributed by atoms with Gasteiger partial charge < -0.3 is 0 Å². The molecule has 0 radical (unpaired) electrons. The Morgan fingerprint density at radius 2 is 2.27 bits per heavy atom. The molecule has 0 aromatic rings. The smallest absolute Gasteiger partial charge is 0.0766 e. The SMILES string of the molecule is C#CC(C)(C)N1CCC(Cl)C1. The van der Waals surface area contributed by atoms with Crippen molar-refractivity contribution in [1.29, 1.82) is 0 Å². The third-order valence-electron chi connectivity index (χ3n) is 2.27. The molecular formula is C9H14ClN. The summed E-state index contributed by atoms with van der Waals surface area (Å²) in [5, 5.41) is 0.294. The number of rotatable bonds is 1. The standard InChI is InChI=1S/C9H14ClN/c1-4-9(2,3)11-6-5-8(10)7-11/h1,8H,5-7H2,2-3H3. The zero-order chi connectivity index (χ0) is 8.48. The summed E-state index contributed by atoms with van der Waals surface area (Å²) in [7, 11) is 0. The molecule has 11 heavy (non-hydrogen) atoms. The topological polar surface area (TPSA) is 3.24 Å². The molecule has 0 N–H and O–H groups in total. The van der Waals surface area contributed by atoms with Crippen molar-refractivity contribution in [2.45, 2.75) is 31.2 Å². The molecule has 1 unspecified atom stereocenters. The van der Waals surface area contributed by atoms with E-state index in [4.69, 9.17) is 18.0 Å². The summed E-state index contributed by atoms with van der Waals surface area (Å²) >= 11 is 5.96. The number of nitrogens with zero attached hydrogens (tertiary/aromatic N) is 1. The minimum absolute atomic E-state index is 0.121. The van der Waals surface area contributed by atoms with Crippen LogP contribution < -0.4 is 0 Å². The zero-order valence-corrected chi connectivity index (χ0v) is 7.86. The average Bonchev–Trinajstić information content (AvgIpc) is 2.36. The average molecular weight is 172 g/mol. The van der Waals surface area contributed by atoms with Gasteiger partial charge in [-0.1, -0.05) is 5.92 Å². The maximum atomic E-state index is 5.96. The first kappa shape index (κ1) is 8.90. The molecule has 1 atom stereocenters. The van der Waals surface area contributed by atoms with Gasteiger partial charge in [0, 0.05) is 18.5 Å². The quantitative estimate of drug-likeness (QED) is 0.429. The van der Waals surface area contributed by atoms with Crippen LogP contribution in [0.3, 0.4) is 0 Å². The molecule has 0 saturated carbocycles. The highest BCUT2D eigenvalue weighted by Crippen LogP contribution is 2.22. The second-order valence-electron chi connectivity index (χ2n) is 3.54. The zero-order valence-electron chi connectivity index (χ0n) is 7.10. The fraction of sp³-hybridized carbons (Fsp3) is 0.778. The molecule has 1 fully saturated rings. The summed E-state index contributed by atoms with van der Waals surface area (Å²) < 4.78 is 0. The molecule has 0 aromatic carbocycles. The first-order valence-corrected chi connectivity index (χ1v) is 4.37. The third kappa shape index (κ3) is 1.89. The van der Waals surface area contributed by atoms with Crippen LogP contribution in [0.4, 0.5) is 0 Å². The summed E-state index contributed by atoms with van der Waals surface area (Å²) in [6.07, 6.45) is 6.46. The van der Waals surface area contributed by atoms with E-state index in [2.05, 4.69) is 24.7 Å². The lowest BCUT2D eigenvalue weighted by atomic mass is 10.1. The number of likely N-dealkylation sites (tertiary alicyclic amines) is 1. The van der Waals surface area contributed by atoms with Gasteiger partial charge in [0.1, 0.15) is 0 Å². The Labute approximate surface area is 73.7 Å². The first-order valence-electron chi connectivity index (χ1n) is 3.93. The van der Waals surface area contributed by atoms with Gasteiger partial charge in [-0.3, -0.25) is 4.90 Å². The number of halogens is 1. The Kier molecular flexibility index (Phi) is 2.47. The third-order valence-corrected chi connectivity index (χ3v) is 2.63. The molecule has 2 heteroatoms. The summed E-state index contributed by atoms with van der Waals surface area (Å²) in [6.45, 7) is 6.08. The highest BCUT2D eigenvalue weighted by molar-refractivity contribution is 6.20. The molecule has 1 saturated heterocycles. The lowest BCUT2D eigenvalue weighted by molar-refractivity contribution is 0.214. The predicted octanol–water partition coefficient (Wildman–Crippen LogP) is 1.71. The maximum Gasteiger partial charge on any atom is 0.0766 e. The van der Waals surface area contributed by atoms with E-state index in [1.807, 2.05) is 0 Å². The minimum atomic E-state index is -0.121. The van der Waals surface area contributed by atoms with Gasteiger partial charge in [0.05, 0.1) is 5.54 Å². The van der Waals surface area contributed by atoms with E-state index in [0.29, 0.717) is 5.38 Å². The van der Waals surface area contributed by atoms with Crippen molar-refractivity contribution in [3.8, 4) is 12.3 Å². The fourth-order valence-corrected chi connectivity index (χ4v) is 1.58. The van der Waals surface area contributed by atoms with Crippen LogP contribution in [0.15, 0.2) is 0 Å². The Morgan fingerprint density at radius 3 is 2.64 bits per heavy atom. The van der Waals surface area contributed by atoms with E-state index in [-0.39, 0.29) is 5.54 Å². The molecule has 0 aliphatic carbocycles. The lowest BCUT2D eigenvalue weighted by Crippen LogP contribution is -2.41. The summed E-state index contributed by atoms with van der Waals surface area (Å²) in [5.41, 5.74) is -0.121. The van der Waals surface area contributed by atoms with Crippen molar-refractivity contribution in [3.05, 3.63) is 0 Å². The van der Waals surface area contributed by atoms with Crippen LogP contribution in [0.2, 0.25) is 0 Å². The van der Waals surface area contributed by atoms with Crippen molar-refractivity contribution < 1.29 is 0 Å². The first-order chi connectivity index (χ1) is 5.06. The summed E-state index contributed by atoms with van der Waals surface area (Å²) in [5.74, 6) is 2.77. The highest BCUT2D eigenvalue weighted by Gasteiger charge is 2.30. The Bertz CT molecular complexity index is 180. The van der Waals surface area contributed by atoms with Crippen LogP contribution in [0.25, 0.3) is 0 Å². The van der Waals surface area contributed by atoms with Crippen LogP contribution >= 0.6 is 11.6 Å². The van der Waals surface area contributed by atoms with Gasteiger partial charge in [0.15, 0.2) is 0 Å². The van der Waals surface area contributed by atoms with E-state index in [1.165, 1.54) is 0 Å². The summed E-state index contributed by atoms with van der Waals surface area (Å²) in [6, 6.07) is 0. The Balaban J connectivity index is 2.57. The van der Waals surface area contributed by atoms with E-state index in [0.717, 1.165) is 19.5 Å². The van der Waals surface area contributed by atoms with Crippen molar-refractivity contribution in [2.75, 3.05) is 13.1 Å². The van der Waals surface area contributed by atoms with Crippen molar-refractivity contribution in [3.63, 3.8) is 0 Å². The molecule has 0 amide bonds. The fourth-order valence-electron chi connectivity index (χ4n) is 1.32. The van der Waals surface area contributed by atoms with Gasteiger partial charge in [0.25, 0.3) is 0 Å². The molecule has 1 nitrogen and oxygen atoms in total. The molecule has 0 spiro atoms. The Hall–Kier alpha value is -0.190. The highest BCUT2D eigenvalue weighted by atomic mass is 35.5. The van der Waals surface area contributed by atoms with Gasteiger partial charge in [-0.15, -0.1) is 18.0 Å². The van der Waals surface area contributed by atoms with Crippen LogP contribution in [0.5, 0.6) is 0 Å². The number of hydrogen-bond donors (Lipinski definition) is 0. The van der Waals surface area contributed by atoms with Gasteiger partial charge in [-0.2, -0.15) is 0 Å². The molecule has 0 aromatic heterocycles. The van der Waals surface area contributed by atoms with Crippen LogP contribution in [-0.4, -0.2) is 28.9 Å². The molecule has 1 heterocycles. The number of hydrogen-bond acceptors (Lipinski definition) is 1. The molecule has 1 aliphatic heterocycles.